The molecule has 124 valence electrons. The Kier molecular flexibility index (Phi) is 4.46. The molecule has 3 aromatic rings. The maximum atomic E-state index is 12.4. The summed E-state index contributed by atoms with van der Waals surface area (Å²) in [6.45, 7) is 7.23. The van der Waals surface area contributed by atoms with E-state index in [2.05, 4.69) is 40.6 Å². The first-order chi connectivity index (χ1) is 11.5. The van der Waals surface area contributed by atoms with Gasteiger partial charge in [-0.1, -0.05) is 29.8 Å². The molecule has 0 radical (unpaired) electrons. The van der Waals surface area contributed by atoms with Crippen molar-refractivity contribution in [2.24, 2.45) is 0 Å². The Labute approximate surface area is 141 Å². The molecule has 1 aromatic carbocycles. The van der Waals surface area contributed by atoms with Crippen LogP contribution in [0.2, 0.25) is 0 Å². The van der Waals surface area contributed by atoms with Crippen molar-refractivity contribution in [3.8, 4) is 0 Å². The third-order valence-electron chi connectivity index (χ3n) is 3.75. The summed E-state index contributed by atoms with van der Waals surface area (Å²) in [4.78, 5) is 12.4. The van der Waals surface area contributed by atoms with Gasteiger partial charge in [0.15, 0.2) is 0 Å². The molecule has 0 spiro atoms. The van der Waals surface area contributed by atoms with E-state index < -0.39 is 0 Å². The summed E-state index contributed by atoms with van der Waals surface area (Å²) in [5, 5.41) is 11.5. The molecular weight excluding hydrogens is 302 g/mol. The van der Waals surface area contributed by atoms with Crippen LogP contribution in [-0.4, -0.2) is 25.5 Å². The van der Waals surface area contributed by atoms with Gasteiger partial charge in [-0.15, -0.1) is 0 Å². The molecule has 2 heterocycles. The second-order valence-electron chi connectivity index (χ2n) is 5.86. The van der Waals surface area contributed by atoms with Crippen molar-refractivity contribution in [1.29, 1.82) is 0 Å². The number of carbonyl (C=O) groups is 1. The lowest BCUT2D eigenvalue weighted by Gasteiger charge is -2.05. The number of nitrogens with one attached hydrogen (secondary N) is 1. The summed E-state index contributed by atoms with van der Waals surface area (Å²) in [6, 6.07) is 10.1. The van der Waals surface area contributed by atoms with Crippen LogP contribution in [0.3, 0.4) is 0 Å². The molecule has 0 aliphatic carbocycles. The van der Waals surface area contributed by atoms with Gasteiger partial charge in [-0.2, -0.15) is 10.2 Å². The van der Waals surface area contributed by atoms with E-state index in [0.717, 1.165) is 5.69 Å². The van der Waals surface area contributed by atoms with Gasteiger partial charge in [-0.05, 0) is 32.4 Å². The zero-order chi connectivity index (χ0) is 17.1. The van der Waals surface area contributed by atoms with Crippen LogP contribution in [0.1, 0.15) is 34.2 Å². The van der Waals surface area contributed by atoms with E-state index in [9.17, 15) is 4.79 Å². The maximum absolute atomic E-state index is 12.4. The average Bonchev–Trinajstić information content (AvgIpc) is 3.13. The zero-order valence-corrected chi connectivity index (χ0v) is 14.2. The van der Waals surface area contributed by atoms with Crippen LogP contribution < -0.4 is 5.32 Å². The summed E-state index contributed by atoms with van der Waals surface area (Å²) in [7, 11) is 0. The smallest absolute Gasteiger partial charge is 0.274 e. The van der Waals surface area contributed by atoms with E-state index in [1.165, 1.54) is 11.1 Å². The second-order valence-corrected chi connectivity index (χ2v) is 5.86. The minimum absolute atomic E-state index is 0.174. The van der Waals surface area contributed by atoms with Gasteiger partial charge < -0.3 is 5.32 Å². The predicted molar refractivity (Wildman–Crippen MR) is 93.1 cm³/mol. The zero-order valence-electron chi connectivity index (χ0n) is 14.2. The molecule has 1 N–H and O–H groups in total. The topological polar surface area (TPSA) is 64.7 Å². The normalized spacial score (nSPS) is 10.8. The van der Waals surface area contributed by atoms with E-state index in [-0.39, 0.29) is 5.91 Å². The number of hydrogen-bond acceptors (Lipinski definition) is 3. The monoisotopic (exact) mass is 323 g/mol. The quantitative estimate of drug-likeness (QED) is 0.785. The van der Waals surface area contributed by atoms with Crippen molar-refractivity contribution in [3.63, 3.8) is 0 Å². The third-order valence-corrected chi connectivity index (χ3v) is 3.75. The summed E-state index contributed by atoms with van der Waals surface area (Å²) in [6.07, 6.45) is 3.49. The fraction of sp³-hybridized carbons (Fsp3) is 0.278. The fourth-order valence-electron chi connectivity index (χ4n) is 2.68. The predicted octanol–water partition coefficient (Wildman–Crippen LogP) is 3.02. The van der Waals surface area contributed by atoms with Crippen LogP contribution in [0.25, 0.3) is 0 Å². The maximum Gasteiger partial charge on any atom is 0.274 e. The van der Waals surface area contributed by atoms with Gasteiger partial charge >= 0.3 is 0 Å². The minimum atomic E-state index is -0.174. The molecular formula is C18H21N5O. The van der Waals surface area contributed by atoms with Crippen LogP contribution in [0.4, 0.5) is 5.69 Å². The van der Waals surface area contributed by atoms with Crippen molar-refractivity contribution < 1.29 is 4.79 Å². The molecule has 6 nitrogen and oxygen atoms in total. The number of anilines is 1. The molecule has 1 amide bonds. The van der Waals surface area contributed by atoms with E-state index in [0.29, 0.717) is 24.5 Å². The number of carbonyl (C=O) groups excluding carboxylic acids is 1. The fourth-order valence-corrected chi connectivity index (χ4v) is 2.68. The SMILES string of the molecule is CCn1nc(C)cc1C(=O)Nc1cnn(Cc2cccc(C)c2)c1. The molecule has 0 saturated carbocycles. The molecule has 0 aliphatic heterocycles. The number of aryl methyl sites for hydroxylation is 3. The highest BCUT2D eigenvalue weighted by Crippen LogP contribution is 2.12. The van der Waals surface area contributed by atoms with Crippen molar-refractivity contribution in [2.75, 3.05) is 5.32 Å². The lowest BCUT2D eigenvalue weighted by atomic mass is 10.1. The van der Waals surface area contributed by atoms with Crippen molar-refractivity contribution in [1.82, 2.24) is 19.6 Å². The molecule has 0 aliphatic rings. The largest absolute Gasteiger partial charge is 0.318 e. The number of hydrogen-bond donors (Lipinski definition) is 1. The van der Waals surface area contributed by atoms with E-state index in [1.807, 2.05) is 30.8 Å². The molecule has 6 heteroatoms. The van der Waals surface area contributed by atoms with Crippen LogP contribution in [0, 0.1) is 13.8 Å². The first-order valence-corrected chi connectivity index (χ1v) is 7.99. The summed E-state index contributed by atoms with van der Waals surface area (Å²) in [5.41, 5.74) is 4.46. The summed E-state index contributed by atoms with van der Waals surface area (Å²) in [5.74, 6) is -0.174. The summed E-state index contributed by atoms with van der Waals surface area (Å²) < 4.78 is 3.51. The lowest BCUT2D eigenvalue weighted by Crippen LogP contribution is -2.17. The van der Waals surface area contributed by atoms with E-state index in [4.69, 9.17) is 0 Å². The van der Waals surface area contributed by atoms with E-state index in [1.54, 1.807) is 16.9 Å². The van der Waals surface area contributed by atoms with Crippen molar-refractivity contribution in [3.05, 3.63) is 65.2 Å². The first kappa shape index (κ1) is 16.0. The Morgan fingerprint density at radius 3 is 2.83 bits per heavy atom. The standard InChI is InChI=1S/C18H21N5O/c1-4-23-17(9-14(3)21-23)18(24)20-16-10-19-22(12-16)11-15-7-5-6-13(2)8-15/h5-10,12H,4,11H2,1-3H3,(H,20,24). The second kappa shape index (κ2) is 6.70. The lowest BCUT2D eigenvalue weighted by molar-refractivity contribution is 0.101. The number of benzene rings is 1. The third kappa shape index (κ3) is 3.53. The number of nitrogens with zero attached hydrogens (tertiary/aromatic N) is 4. The van der Waals surface area contributed by atoms with Crippen LogP contribution >= 0.6 is 0 Å². The van der Waals surface area contributed by atoms with Crippen LogP contribution in [-0.2, 0) is 13.1 Å². The van der Waals surface area contributed by atoms with Gasteiger partial charge in [0.2, 0.25) is 0 Å². The molecule has 2 aromatic heterocycles. The number of aromatic nitrogens is 4. The molecule has 3 rings (SSSR count). The molecule has 0 atom stereocenters. The molecule has 0 saturated heterocycles. The molecule has 0 fully saturated rings. The van der Waals surface area contributed by atoms with Gasteiger partial charge in [0.05, 0.1) is 24.1 Å². The van der Waals surface area contributed by atoms with Gasteiger partial charge in [0.25, 0.3) is 5.91 Å². The highest BCUT2D eigenvalue weighted by Gasteiger charge is 2.14. The van der Waals surface area contributed by atoms with E-state index >= 15 is 0 Å². The van der Waals surface area contributed by atoms with Crippen molar-refractivity contribution in [2.45, 2.75) is 33.9 Å². The Bertz CT molecular complexity index is 862. The van der Waals surface area contributed by atoms with Gasteiger partial charge in [-0.3, -0.25) is 14.2 Å². The number of amides is 1. The van der Waals surface area contributed by atoms with Gasteiger partial charge in [0, 0.05) is 12.7 Å². The average molecular weight is 323 g/mol. The van der Waals surface area contributed by atoms with Crippen LogP contribution in [0.5, 0.6) is 0 Å². The van der Waals surface area contributed by atoms with Crippen LogP contribution in [0.15, 0.2) is 42.7 Å². The minimum Gasteiger partial charge on any atom is -0.318 e. The molecule has 0 unspecified atom stereocenters. The first-order valence-electron chi connectivity index (χ1n) is 7.99. The van der Waals surface area contributed by atoms with Gasteiger partial charge in [0.1, 0.15) is 5.69 Å². The molecule has 0 bridgehead atoms. The van der Waals surface area contributed by atoms with Gasteiger partial charge in [-0.25, -0.2) is 0 Å². The molecule has 24 heavy (non-hydrogen) atoms. The highest BCUT2D eigenvalue weighted by molar-refractivity contribution is 6.03. The van der Waals surface area contributed by atoms with Crippen molar-refractivity contribution >= 4 is 11.6 Å². The Morgan fingerprint density at radius 2 is 2.08 bits per heavy atom. The Morgan fingerprint density at radius 1 is 1.25 bits per heavy atom. The Hall–Kier alpha value is -2.89. The Balaban J connectivity index is 1.70. The summed E-state index contributed by atoms with van der Waals surface area (Å²) >= 11 is 0. The highest BCUT2D eigenvalue weighted by atomic mass is 16.2. The number of rotatable bonds is 5.